The Morgan fingerprint density at radius 1 is 1.00 bits per heavy atom. The molecule has 39 heavy (non-hydrogen) atoms. The minimum Gasteiger partial charge on any atom is -0.493 e. The monoisotopic (exact) mass is 566 g/mol. The lowest BCUT2D eigenvalue weighted by Gasteiger charge is -2.13. The molecular formula is C27H23ClN4O6S. The first kappa shape index (κ1) is 27.4. The van der Waals surface area contributed by atoms with Gasteiger partial charge in [0.05, 0.1) is 29.6 Å². The summed E-state index contributed by atoms with van der Waals surface area (Å²) in [5.41, 5.74) is 4.43. The number of para-hydroxylation sites is 1. The van der Waals surface area contributed by atoms with Crippen molar-refractivity contribution in [3.63, 3.8) is 0 Å². The average molecular weight is 567 g/mol. The van der Waals surface area contributed by atoms with Gasteiger partial charge in [0, 0.05) is 25.0 Å². The van der Waals surface area contributed by atoms with Gasteiger partial charge in [0.15, 0.2) is 5.75 Å². The largest absolute Gasteiger partial charge is 0.493 e. The zero-order valence-electron chi connectivity index (χ0n) is 20.8. The number of methoxy groups -OCH3 is 1. The van der Waals surface area contributed by atoms with E-state index in [2.05, 4.69) is 15.8 Å². The molecular weight excluding hydrogens is 544 g/mol. The number of ether oxygens (including phenoxy) is 1. The number of rotatable bonds is 9. The molecule has 0 aliphatic carbocycles. The highest BCUT2D eigenvalue weighted by atomic mass is 35.5. The summed E-state index contributed by atoms with van der Waals surface area (Å²) in [5, 5.41) is 6.50. The summed E-state index contributed by atoms with van der Waals surface area (Å²) in [6, 6.07) is 19.1. The number of nitrogens with zero attached hydrogens (tertiary/aromatic N) is 2. The van der Waals surface area contributed by atoms with Crippen LogP contribution in [0.3, 0.4) is 0 Å². The van der Waals surface area contributed by atoms with Crippen molar-refractivity contribution in [1.82, 2.24) is 9.99 Å². The molecule has 0 unspecified atom stereocenters. The first-order valence-corrected chi connectivity index (χ1v) is 13.2. The highest BCUT2D eigenvalue weighted by Gasteiger charge is 2.22. The maximum Gasteiger partial charge on any atom is 0.339 e. The molecule has 200 valence electrons. The van der Waals surface area contributed by atoms with E-state index in [0.717, 1.165) is 0 Å². The molecule has 0 aliphatic heterocycles. The number of carbonyl (C=O) groups excluding carboxylic acids is 2. The smallest absolute Gasteiger partial charge is 0.339 e. The summed E-state index contributed by atoms with van der Waals surface area (Å²) >= 11 is 6.34. The van der Waals surface area contributed by atoms with Gasteiger partial charge in [-0.3, -0.25) is 9.59 Å². The van der Waals surface area contributed by atoms with Crippen LogP contribution in [-0.4, -0.2) is 38.1 Å². The molecule has 0 bridgehead atoms. The maximum absolute atomic E-state index is 12.8. The molecule has 3 aromatic carbocycles. The summed E-state index contributed by atoms with van der Waals surface area (Å²) in [4.78, 5) is 23.8. The molecule has 2 N–H and O–H groups in total. The first-order chi connectivity index (χ1) is 18.7. The lowest BCUT2D eigenvalue weighted by atomic mass is 10.1. The topological polar surface area (TPSA) is 128 Å². The molecule has 1 heterocycles. The van der Waals surface area contributed by atoms with Crippen LogP contribution >= 0.6 is 11.6 Å². The number of aromatic nitrogens is 1. The van der Waals surface area contributed by atoms with Gasteiger partial charge in [-0.1, -0.05) is 23.7 Å². The van der Waals surface area contributed by atoms with Gasteiger partial charge in [-0.05, 0) is 66.2 Å². The van der Waals surface area contributed by atoms with E-state index in [1.165, 1.54) is 56.6 Å². The molecule has 4 rings (SSSR count). The minimum absolute atomic E-state index is 0.0340. The molecule has 0 radical (unpaired) electrons. The fourth-order valence-electron chi connectivity index (χ4n) is 3.57. The van der Waals surface area contributed by atoms with Gasteiger partial charge in [0.1, 0.15) is 4.90 Å². The van der Waals surface area contributed by atoms with Crippen LogP contribution in [0.4, 0.5) is 5.69 Å². The number of hydrogen-bond donors (Lipinski definition) is 2. The van der Waals surface area contributed by atoms with Gasteiger partial charge in [-0.2, -0.15) is 13.5 Å². The van der Waals surface area contributed by atoms with E-state index >= 15 is 0 Å². The van der Waals surface area contributed by atoms with Crippen molar-refractivity contribution in [2.75, 3.05) is 12.4 Å². The Balaban J connectivity index is 1.50. The summed E-state index contributed by atoms with van der Waals surface area (Å²) in [6.45, 7) is 1.34. The van der Waals surface area contributed by atoms with Crippen molar-refractivity contribution in [3.8, 4) is 17.2 Å². The quantitative estimate of drug-likeness (QED) is 0.173. The normalized spacial score (nSPS) is 11.3. The lowest BCUT2D eigenvalue weighted by molar-refractivity contribution is -0.114. The third kappa shape index (κ3) is 6.64. The molecule has 1 aromatic heterocycles. The Morgan fingerprint density at radius 2 is 1.69 bits per heavy atom. The summed E-state index contributed by atoms with van der Waals surface area (Å²) < 4.78 is 38.1. The van der Waals surface area contributed by atoms with Gasteiger partial charge in [0.2, 0.25) is 11.7 Å². The highest BCUT2D eigenvalue weighted by molar-refractivity contribution is 7.87. The van der Waals surface area contributed by atoms with E-state index in [-0.39, 0.29) is 27.3 Å². The van der Waals surface area contributed by atoms with Gasteiger partial charge in [-0.15, -0.1) is 0 Å². The molecule has 10 nitrogen and oxygen atoms in total. The van der Waals surface area contributed by atoms with Crippen molar-refractivity contribution in [3.05, 3.63) is 101 Å². The summed E-state index contributed by atoms with van der Waals surface area (Å²) in [5.74, 6) is -0.897. The van der Waals surface area contributed by atoms with E-state index in [1.807, 2.05) is 41.2 Å². The number of carbonyl (C=O) groups is 2. The number of hydrogen-bond acceptors (Lipinski definition) is 7. The van der Waals surface area contributed by atoms with Crippen molar-refractivity contribution in [1.29, 1.82) is 0 Å². The first-order valence-electron chi connectivity index (χ1n) is 11.4. The van der Waals surface area contributed by atoms with Crippen molar-refractivity contribution in [2.24, 2.45) is 5.10 Å². The average Bonchev–Trinajstić information content (AvgIpc) is 3.45. The molecule has 12 heteroatoms. The van der Waals surface area contributed by atoms with Crippen molar-refractivity contribution >= 4 is 45.4 Å². The summed E-state index contributed by atoms with van der Waals surface area (Å²) in [7, 11) is -2.95. The molecule has 0 atom stereocenters. The molecule has 0 spiro atoms. The Bertz CT molecular complexity index is 1640. The lowest BCUT2D eigenvalue weighted by Crippen LogP contribution is -2.19. The third-order valence-electron chi connectivity index (χ3n) is 5.32. The zero-order chi connectivity index (χ0) is 28.0. The summed E-state index contributed by atoms with van der Waals surface area (Å²) in [6.07, 6.45) is 4.99. The van der Waals surface area contributed by atoms with E-state index in [1.54, 1.807) is 12.1 Å². The van der Waals surface area contributed by atoms with E-state index in [9.17, 15) is 18.0 Å². The Hall–Kier alpha value is -4.61. The second-order valence-electron chi connectivity index (χ2n) is 8.08. The van der Waals surface area contributed by atoms with Gasteiger partial charge in [0.25, 0.3) is 5.91 Å². The van der Waals surface area contributed by atoms with E-state index < -0.39 is 16.0 Å². The van der Waals surface area contributed by atoms with Crippen molar-refractivity contribution < 1.29 is 26.9 Å². The van der Waals surface area contributed by atoms with E-state index in [4.69, 9.17) is 20.5 Å². The number of halogens is 1. The number of amides is 2. The molecule has 0 aliphatic rings. The Labute approximate surface area is 229 Å². The standard InChI is InChI=1S/C27H23ClN4O6S/c1-18(33)30-20-9-11-21(12-10-20)39(35,36)38-26-23(28)15-19(16-25(26)37-2)17-29-31-27(34)22-7-3-4-8-24(22)32-13-5-6-14-32/h3-17H,1-2H3,(H,30,33)(H,31,34)/b29-17-. The number of hydrazone groups is 1. The highest BCUT2D eigenvalue weighted by Crippen LogP contribution is 2.38. The molecule has 2 amide bonds. The van der Waals surface area contributed by atoms with Crippen LogP contribution in [0.15, 0.2) is 95.2 Å². The van der Waals surface area contributed by atoms with Crippen LogP contribution in [0.5, 0.6) is 11.5 Å². The van der Waals surface area contributed by atoms with E-state index in [0.29, 0.717) is 22.5 Å². The second-order valence-corrected chi connectivity index (χ2v) is 10.0. The fraction of sp³-hybridized carbons (Fsp3) is 0.0741. The predicted octanol–water partition coefficient (Wildman–Crippen LogP) is 4.63. The zero-order valence-corrected chi connectivity index (χ0v) is 22.4. The van der Waals surface area contributed by atoms with Crippen LogP contribution < -0.4 is 19.7 Å². The SMILES string of the molecule is COc1cc(/C=N\NC(=O)c2ccccc2-n2cccc2)cc(Cl)c1OS(=O)(=O)c1ccc(NC(C)=O)cc1. The maximum atomic E-state index is 12.8. The predicted molar refractivity (Wildman–Crippen MR) is 147 cm³/mol. The van der Waals surface area contributed by atoms with Gasteiger partial charge >= 0.3 is 10.1 Å². The van der Waals surface area contributed by atoms with Crippen LogP contribution in [0.2, 0.25) is 5.02 Å². The Morgan fingerprint density at radius 3 is 2.36 bits per heavy atom. The number of nitrogens with one attached hydrogen (secondary N) is 2. The molecule has 0 fully saturated rings. The fourth-order valence-corrected chi connectivity index (χ4v) is 4.83. The number of anilines is 1. The third-order valence-corrected chi connectivity index (χ3v) is 6.84. The number of benzene rings is 3. The van der Waals surface area contributed by atoms with Crippen LogP contribution in [0.1, 0.15) is 22.8 Å². The second kappa shape index (κ2) is 11.8. The van der Waals surface area contributed by atoms with Crippen LogP contribution in [0, 0.1) is 0 Å². The minimum atomic E-state index is -4.28. The molecule has 0 saturated heterocycles. The Kier molecular flexibility index (Phi) is 8.33. The van der Waals surface area contributed by atoms with Crippen LogP contribution in [-0.2, 0) is 14.9 Å². The van der Waals surface area contributed by atoms with Gasteiger partial charge in [-0.25, -0.2) is 5.43 Å². The van der Waals surface area contributed by atoms with Crippen molar-refractivity contribution in [2.45, 2.75) is 11.8 Å². The van der Waals surface area contributed by atoms with Gasteiger partial charge < -0.3 is 18.8 Å². The molecule has 4 aromatic rings. The van der Waals surface area contributed by atoms with Crippen LogP contribution in [0.25, 0.3) is 5.69 Å². The molecule has 0 saturated carbocycles.